The van der Waals surface area contributed by atoms with Gasteiger partial charge in [0.15, 0.2) is 0 Å². The van der Waals surface area contributed by atoms with E-state index in [0.29, 0.717) is 10.7 Å². The number of pyridine rings is 1. The molecular formula is C30H29ClN6O. The molecule has 1 aliphatic heterocycles. The van der Waals surface area contributed by atoms with Crippen molar-refractivity contribution in [2.24, 2.45) is 16.1 Å². The Labute approximate surface area is 226 Å². The van der Waals surface area contributed by atoms with Gasteiger partial charge in [-0.25, -0.2) is 0 Å². The summed E-state index contributed by atoms with van der Waals surface area (Å²) in [6, 6.07) is 10.3. The van der Waals surface area contributed by atoms with E-state index in [9.17, 15) is 4.79 Å². The van der Waals surface area contributed by atoms with Crippen LogP contribution in [0.5, 0.6) is 0 Å². The number of benzene rings is 2. The maximum atomic E-state index is 11.9. The summed E-state index contributed by atoms with van der Waals surface area (Å²) in [5.74, 6) is 0.00105. The summed E-state index contributed by atoms with van der Waals surface area (Å²) in [5.41, 5.74) is 13.0. The van der Waals surface area contributed by atoms with Crippen molar-refractivity contribution >= 4 is 56.2 Å². The van der Waals surface area contributed by atoms with Gasteiger partial charge in [0.2, 0.25) is 5.91 Å². The molecule has 6 rings (SSSR count). The predicted molar refractivity (Wildman–Crippen MR) is 154 cm³/mol. The molecular weight excluding hydrogens is 496 g/mol. The fourth-order valence-corrected chi connectivity index (χ4v) is 6.28. The van der Waals surface area contributed by atoms with Gasteiger partial charge in [-0.3, -0.25) is 19.9 Å². The molecule has 1 aliphatic carbocycles. The van der Waals surface area contributed by atoms with Crippen LogP contribution >= 0.6 is 11.6 Å². The first-order valence-electron chi connectivity index (χ1n) is 12.7. The average molecular weight is 525 g/mol. The molecule has 3 N–H and O–H groups in total. The normalized spacial score (nSPS) is 17.9. The van der Waals surface area contributed by atoms with Crippen LogP contribution in [0.25, 0.3) is 32.9 Å². The van der Waals surface area contributed by atoms with Crippen LogP contribution in [-0.4, -0.2) is 50.8 Å². The number of rotatable bonds is 5. The van der Waals surface area contributed by atoms with E-state index in [4.69, 9.17) is 22.3 Å². The summed E-state index contributed by atoms with van der Waals surface area (Å²) >= 11 is 6.98. The topological polar surface area (TPSA) is 100 Å². The molecule has 0 bridgehead atoms. The minimum Gasteiger partial charge on any atom is -0.398 e. The zero-order valence-corrected chi connectivity index (χ0v) is 22.2. The number of amides is 1. The standard InChI is InChI=1S/C30H29ClN6O/c1-4-25(38)37-15-30(16-37)11-22(12-30)35-18(3)26(27-23-14-34-36-24(23)9-17(2)28(27)31)29(32)20-5-6-21-13-33-8-7-19(21)10-20/h4-10,13-14,22H,1,11-12,15-16,32H2,2-3H3,(H,34,36)/b29-26+,35-18?. The number of carbonyl (C=O) groups excluding carboxylic acids is 1. The van der Waals surface area contributed by atoms with Crippen LogP contribution < -0.4 is 5.73 Å². The molecule has 2 aromatic heterocycles. The number of nitrogens with zero attached hydrogens (tertiary/aromatic N) is 4. The lowest BCUT2D eigenvalue weighted by molar-refractivity contribution is -0.145. The molecule has 2 aromatic carbocycles. The molecule has 7 nitrogen and oxygen atoms in total. The molecule has 2 fully saturated rings. The fraction of sp³-hybridized carbons (Fsp3) is 0.267. The lowest BCUT2D eigenvalue weighted by atomic mass is 9.60. The second-order valence-electron chi connectivity index (χ2n) is 10.6. The molecule has 1 spiro atoms. The largest absolute Gasteiger partial charge is 0.398 e. The average Bonchev–Trinajstić information content (AvgIpc) is 3.34. The van der Waals surface area contributed by atoms with Crippen molar-refractivity contribution < 1.29 is 4.79 Å². The van der Waals surface area contributed by atoms with Gasteiger partial charge in [0.25, 0.3) is 0 Å². The minimum absolute atomic E-state index is 0.00105. The van der Waals surface area contributed by atoms with Gasteiger partial charge in [-0.2, -0.15) is 5.10 Å². The lowest BCUT2D eigenvalue weighted by Gasteiger charge is -2.58. The number of nitrogens with two attached hydrogens (primary N) is 1. The number of hydrogen-bond donors (Lipinski definition) is 2. The van der Waals surface area contributed by atoms with Gasteiger partial charge in [-0.05, 0) is 67.5 Å². The van der Waals surface area contributed by atoms with Crippen LogP contribution in [0.1, 0.15) is 36.5 Å². The van der Waals surface area contributed by atoms with Crippen LogP contribution in [0.15, 0.2) is 66.6 Å². The Bertz CT molecular complexity index is 1670. The van der Waals surface area contributed by atoms with Crippen LogP contribution in [0.4, 0.5) is 0 Å². The summed E-state index contributed by atoms with van der Waals surface area (Å²) in [6.45, 7) is 9.14. The van der Waals surface area contributed by atoms with Crippen LogP contribution in [0.3, 0.4) is 0 Å². The number of fused-ring (bicyclic) bond motifs is 2. The Morgan fingerprint density at radius 1 is 1.24 bits per heavy atom. The number of aromatic amines is 1. The summed E-state index contributed by atoms with van der Waals surface area (Å²) < 4.78 is 0. The highest BCUT2D eigenvalue weighted by Gasteiger charge is 2.53. The van der Waals surface area contributed by atoms with Gasteiger partial charge >= 0.3 is 0 Å². The van der Waals surface area contributed by atoms with E-state index >= 15 is 0 Å². The summed E-state index contributed by atoms with van der Waals surface area (Å²) in [6.07, 6.45) is 8.70. The Morgan fingerprint density at radius 3 is 2.79 bits per heavy atom. The minimum atomic E-state index is 0.00105. The van der Waals surface area contributed by atoms with E-state index in [1.165, 1.54) is 6.08 Å². The van der Waals surface area contributed by atoms with Crippen molar-refractivity contribution in [1.82, 2.24) is 20.1 Å². The summed E-state index contributed by atoms with van der Waals surface area (Å²) in [4.78, 5) is 23.1. The molecule has 2 aliphatic rings. The van der Waals surface area contributed by atoms with Crippen LogP contribution in [0.2, 0.25) is 5.02 Å². The molecule has 3 heterocycles. The zero-order chi connectivity index (χ0) is 26.6. The number of aromatic nitrogens is 3. The van der Waals surface area contributed by atoms with Crippen molar-refractivity contribution in [3.05, 3.63) is 83.3 Å². The number of allylic oxidation sites excluding steroid dienone is 1. The van der Waals surface area contributed by atoms with E-state index in [-0.39, 0.29) is 17.4 Å². The third kappa shape index (κ3) is 3.98. The van der Waals surface area contributed by atoms with E-state index in [0.717, 1.165) is 75.6 Å². The molecule has 1 amide bonds. The molecule has 1 saturated carbocycles. The number of halogens is 1. The number of hydrogen-bond acceptors (Lipinski definition) is 5. The smallest absolute Gasteiger partial charge is 0.245 e. The summed E-state index contributed by atoms with van der Waals surface area (Å²) in [5, 5.41) is 11.0. The highest BCUT2D eigenvalue weighted by molar-refractivity contribution is 6.40. The lowest BCUT2D eigenvalue weighted by Crippen LogP contribution is -2.64. The number of carbonyl (C=O) groups is 1. The number of H-pyrrole nitrogens is 1. The molecule has 38 heavy (non-hydrogen) atoms. The highest BCUT2D eigenvalue weighted by Crippen LogP contribution is 2.50. The molecule has 0 atom stereocenters. The maximum Gasteiger partial charge on any atom is 0.245 e. The van der Waals surface area contributed by atoms with E-state index in [1.807, 2.05) is 49.2 Å². The second kappa shape index (κ2) is 9.10. The van der Waals surface area contributed by atoms with Gasteiger partial charge in [-0.1, -0.05) is 30.3 Å². The van der Waals surface area contributed by atoms with E-state index in [1.54, 1.807) is 12.4 Å². The van der Waals surface area contributed by atoms with Crippen molar-refractivity contribution in [2.45, 2.75) is 32.7 Å². The first-order chi connectivity index (χ1) is 18.3. The molecule has 4 aromatic rings. The fourth-order valence-electron chi connectivity index (χ4n) is 6.03. The monoisotopic (exact) mass is 524 g/mol. The van der Waals surface area contributed by atoms with Crippen molar-refractivity contribution in [3.63, 3.8) is 0 Å². The van der Waals surface area contributed by atoms with Gasteiger partial charge in [0.05, 0.1) is 22.8 Å². The molecule has 192 valence electrons. The van der Waals surface area contributed by atoms with Crippen LogP contribution in [0, 0.1) is 12.3 Å². The SMILES string of the molecule is C=CC(=O)N1CC2(CC(N=C(C)/C(=C(\N)c3ccc4cnccc4c3)c3c(Cl)c(C)cc4[nH]ncc34)C2)C1. The predicted octanol–water partition coefficient (Wildman–Crippen LogP) is 5.54. The maximum absolute atomic E-state index is 11.9. The van der Waals surface area contributed by atoms with Gasteiger partial charge in [0, 0.05) is 64.2 Å². The zero-order valence-electron chi connectivity index (χ0n) is 21.5. The Hall–Kier alpha value is -3.97. The third-order valence-corrected chi connectivity index (χ3v) is 8.44. The highest BCUT2D eigenvalue weighted by atomic mass is 35.5. The number of likely N-dealkylation sites (tertiary alicyclic amines) is 1. The Morgan fingerprint density at radius 2 is 2.03 bits per heavy atom. The van der Waals surface area contributed by atoms with Gasteiger partial charge in [0.1, 0.15) is 0 Å². The summed E-state index contributed by atoms with van der Waals surface area (Å²) in [7, 11) is 0. The molecule has 0 radical (unpaired) electrons. The quantitative estimate of drug-likeness (QED) is 0.203. The van der Waals surface area contributed by atoms with Gasteiger partial charge in [-0.15, -0.1) is 0 Å². The first kappa shape index (κ1) is 24.4. The molecule has 0 unspecified atom stereocenters. The number of aryl methyl sites for hydroxylation is 1. The van der Waals surface area contributed by atoms with Crippen molar-refractivity contribution in [1.29, 1.82) is 0 Å². The first-order valence-corrected chi connectivity index (χ1v) is 13.1. The van der Waals surface area contributed by atoms with Gasteiger partial charge < -0.3 is 10.6 Å². The Kier molecular flexibility index (Phi) is 5.83. The second-order valence-corrected chi connectivity index (χ2v) is 11.0. The number of aliphatic imine (C=N–C) groups is 1. The number of nitrogens with one attached hydrogen (secondary N) is 1. The van der Waals surface area contributed by atoms with E-state index in [2.05, 4.69) is 27.8 Å². The molecule has 1 saturated heterocycles. The van der Waals surface area contributed by atoms with Crippen molar-refractivity contribution in [2.75, 3.05) is 13.1 Å². The third-order valence-electron chi connectivity index (χ3n) is 7.95. The van der Waals surface area contributed by atoms with E-state index < -0.39 is 0 Å². The van der Waals surface area contributed by atoms with Crippen LogP contribution in [-0.2, 0) is 4.79 Å². The Balaban J connectivity index is 1.43. The van der Waals surface area contributed by atoms with Crippen molar-refractivity contribution in [3.8, 4) is 0 Å². The molecule has 8 heteroatoms.